The van der Waals surface area contributed by atoms with Crippen molar-refractivity contribution >= 4 is 15.8 Å². The minimum Gasteiger partial charge on any atom is -0.354 e. The Labute approximate surface area is 155 Å². The summed E-state index contributed by atoms with van der Waals surface area (Å²) in [6.45, 7) is 8.37. The third-order valence-electron chi connectivity index (χ3n) is 4.52. The maximum atomic E-state index is 12.7. The number of piperazine rings is 1. The molecule has 1 saturated heterocycles. The molecule has 0 N–H and O–H groups in total. The average Bonchev–Trinajstić information content (AvgIpc) is 2.62. The molecule has 0 atom stereocenters. The summed E-state index contributed by atoms with van der Waals surface area (Å²) < 4.78 is 26.9. The second-order valence-corrected chi connectivity index (χ2v) is 8.98. The highest BCUT2D eigenvalue weighted by Crippen LogP contribution is 2.20. The van der Waals surface area contributed by atoms with Gasteiger partial charge in [0.25, 0.3) is 0 Å². The number of nitrogens with zero attached hydrogens (tertiary/aromatic N) is 4. The maximum absolute atomic E-state index is 12.7. The number of hydrogen-bond acceptors (Lipinski definition) is 5. The zero-order chi connectivity index (χ0) is 18.7. The topological polar surface area (TPSA) is 66.4 Å². The Bertz CT molecular complexity index is 845. The van der Waals surface area contributed by atoms with Gasteiger partial charge >= 0.3 is 0 Å². The Morgan fingerprint density at radius 3 is 2.31 bits per heavy atom. The second-order valence-electron chi connectivity index (χ2n) is 7.01. The van der Waals surface area contributed by atoms with E-state index in [1.807, 2.05) is 43.3 Å². The van der Waals surface area contributed by atoms with Crippen LogP contribution in [0.2, 0.25) is 0 Å². The fraction of sp³-hybridized carbons (Fsp3) is 0.474. The number of hydrogen-bond donors (Lipinski definition) is 0. The van der Waals surface area contributed by atoms with Crippen LogP contribution in [0.4, 0.5) is 5.82 Å². The highest BCUT2D eigenvalue weighted by atomic mass is 32.2. The first-order valence-corrected chi connectivity index (χ1v) is 10.6. The lowest BCUT2D eigenvalue weighted by Crippen LogP contribution is -2.49. The van der Waals surface area contributed by atoms with Crippen molar-refractivity contribution in [2.24, 2.45) is 0 Å². The molecule has 6 nitrogen and oxygen atoms in total. The van der Waals surface area contributed by atoms with Crippen LogP contribution in [0.25, 0.3) is 0 Å². The smallest absolute Gasteiger partial charge is 0.218 e. The van der Waals surface area contributed by atoms with Crippen LogP contribution in [-0.2, 0) is 15.8 Å². The summed E-state index contributed by atoms with van der Waals surface area (Å²) >= 11 is 0. The van der Waals surface area contributed by atoms with Gasteiger partial charge < -0.3 is 4.90 Å². The first-order valence-electron chi connectivity index (χ1n) is 8.97. The molecule has 1 aromatic carbocycles. The summed E-state index contributed by atoms with van der Waals surface area (Å²) in [5.74, 6) is 2.04. The Hall–Kier alpha value is -1.99. The number of aryl methyl sites for hydroxylation is 1. The quantitative estimate of drug-likeness (QED) is 0.805. The molecule has 1 aliphatic rings. The molecule has 0 unspecified atom stereocenters. The van der Waals surface area contributed by atoms with Gasteiger partial charge in [-0.25, -0.2) is 18.4 Å². The fourth-order valence-electron chi connectivity index (χ4n) is 3.07. The van der Waals surface area contributed by atoms with Crippen molar-refractivity contribution in [3.63, 3.8) is 0 Å². The Balaban J connectivity index is 1.67. The molecule has 0 saturated carbocycles. The van der Waals surface area contributed by atoms with Gasteiger partial charge in [0.05, 0.1) is 5.75 Å². The van der Waals surface area contributed by atoms with E-state index in [1.165, 1.54) is 0 Å². The molecule has 7 heteroatoms. The summed E-state index contributed by atoms with van der Waals surface area (Å²) in [5.41, 5.74) is 1.76. The Morgan fingerprint density at radius 1 is 1.04 bits per heavy atom. The molecular formula is C19H26N4O2S. The van der Waals surface area contributed by atoms with Gasteiger partial charge in [-0.1, -0.05) is 44.2 Å². The molecule has 1 fully saturated rings. The van der Waals surface area contributed by atoms with Gasteiger partial charge in [-0.05, 0) is 12.5 Å². The molecule has 3 rings (SSSR count). The first kappa shape index (κ1) is 18.8. The third-order valence-corrected chi connectivity index (χ3v) is 6.37. The highest BCUT2D eigenvalue weighted by molar-refractivity contribution is 7.88. The van der Waals surface area contributed by atoms with Crippen LogP contribution in [0.5, 0.6) is 0 Å². The molecule has 2 aromatic rings. The summed E-state index contributed by atoms with van der Waals surface area (Å²) in [4.78, 5) is 11.3. The van der Waals surface area contributed by atoms with Crippen LogP contribution in [0.3, 0.4) is 0 Å². The lowest BCUT2D eigenvalue weighted by Gasteiger charge is -2.35. The Kier molecular flexibility index (Phi) is 5.58. The molecule has 1 aliphatic heterocycles. The average molecular weight is 375 g/mol. The molecular weight excluding hydrogens is 348 g/mol. The number of anilines is 1. The normalized spacial score (nSPS) is 16.2. The zero-order valence-electron chi connectivity index (χ0n) is 15.6. The molecule has 0 radical (unpaired) electrons. The zero-order valence-corrected chi connectivity index (χ0v) is 16.4. The van der Waals surface area contributed by atoms with Gasteiger partial charge in [-0.3, -0.25) is 0 Å². The van der Waals surface area contributed by atoms with Crippen molar-refractivity contribution in [2.75, 3.05) is 31.1 Å². The van der Waals surface area contributed by atoms with Crippen molar-refractivity contribution in [3.05, 3.63) is 53.5 Å². The summed E-state index contributed by atoms with van der Waals surface area (Å²) in [7, 11) is -3.30. The number of sulfonamides is 1. The maximum Gasteiger partial charge on any atom is 0.218 e. The third kappa shape index (κ3) is 4.40. The van der Waals surface area contributed by atoms with E-state index in [4.69, 9.17) is 0 Å². The van der Waals surface area contributed by atoms with Gasteiger partial charge in [-0.15, -0.1) is 0 Å². The van der Waals surface area contributed by atoms with Gasteiger partial charge in [0.15, 0.2) is 0 Å². The number of aromatic nitrogens is 2. The monoisotopic (exact) mass is 374 g/mol. The predicted octanol–water partition coefficient (Wildman–Crippen LogP) is 2.56. The predicted molar refractivity (Wildman–Crippen MR) is 104 cm³/mol. The molecule has 0 amide bonds. The van der Waals surface area contributed by atoms with Crippen molar-refractivity contribution in [1.29, 1.82) is 0 Å². The van der Waals surface area contributed by atoms with Gasteiger partial charge in [-0.2, -0.15) is 4.31 Å². The van der Waals surface area contributed by atoms with Crippen LogP contribution < -0.4 is 4.90 Å². The van der Waals surface area contributed by atoms with Crippen molar-refractivity contribution in [1.82, 2.24) is 14.3 Å². The molecule has 1 aromatic heterocycles. The van der Waals surface area contributed by atoms with E-state index >= 15 is 0 Å². The summed E-state index contributed by atoms with van der Waals surface area (Å²) in [5, 5.41) is 0. The van der Waals surface area contributed by atoms with E-state index in [0.717, 1.165) is 22.9 Å². The highest BCUT2D eigenvalue weighted by Gasteiger charge is 2.28. The Morgan fingerprint density at radius 2 is 1.69 bits per heavy atom. The van der Waals surface area contributed by atoms with E-state index in [1.54, 1.807) is 4.31 Å². The van der Waals surface area contributed by atoms with Gasteiger partial charge in [0, 0.05) is 43.9 Å². The number of rotatable bonds is 5. The molecule has 140 valence electrons. The minimum atomic E-state index is -3.30. The molecule has 0 aliphatic carbocycles. The molecule has 26 heavy (non-hydrogen) atoms. The first-order chi connectivity index (χ1) is 12.3. The summed E-state index contributed by atoms with van der Waals surface area (Å²) in [6.07, 6.45) is 0. The standard InChI is InChI=1S/C19H26N4O2S/c1-15(2)19-20-16(3)13-18(21-19)22-9-11-23(12-10-22)26(24,25)14-17-7-5-4-6-8-17/h4-8,13,15H,9-12,14H2,1-3H3. The SMILES string of the molecule is Cc1cc(N2CCN(S(=O)(=O)Cc3ccccc3)CC2)nc(C(C)C)n1. The van der Waals surface area contributed by atoms with Gasteiger partial charge in [0.2, 0.25) is 10.0 Å². The van der Waals surface area contributed by atoms with Crippen molar-refractivity contribution < 1.29 is 8.42 Å². The fourth-order valence-corrected chi connectivity index (χ4v) is 4.58. The lowest BCUT2D eigenvalue weighted by molar-refractivity contribution is 0.383. The van der Waals surface area contributed by atoms with Crippen LogP contribution in [0.1, 0.15) is 36.8 Å². The molecule has 2 heterocycles. The van der Waals surface area contributed by atoms with Crippen LogP contribution >= 0.6 is 0 Å². The van der Waals surface area contributed by atoms with E-state index < -0.39 is 10.0 Å². The van der Waals surface area contributed by atoms with Crippen molar-refractivity contribution in [2.45, 2.75) is 32.4 Å². The minimum absolute atomic E-state index is 0.0535. The lowest BCUT2D eigenvalue weighted by atomic mass is 10.2. The second kappa shape index (κ2) is 7.72. The largest absolute Gasteiger partial charge is 0.354 e. The molecule has 0 spiro atoms. The van der Waals surface area contributed by atoms with Crippen LogP contribution in [0.15, 0.2) is 36.4 Å². The van der Waals surface area contributed by atoms with Crippen LogP contribution in [-0.4, -0.2) is 48.9 Å². The van der Waals surface area contributed by atoms with E-state index in [0.29, 0.717) is 26.2 Å². The van der Waals surface area contributed by atoms with Crippen LogP contribution in [0, 0.1) is 6.92 Å². The van der Waals surface area contributed by atoms with E-state index in [2.05, 4.69) is 28.7 Å². The van der Waals surface area contributed by atoms with Gasteiger partial charge in [0.1, 0.15) is 11.6 Å². The summed E-state index contributed by atoms with van der Waals surface area (Å²) in [6, 6.07) is 11.3. The molecule has 0 bridgehead atoms. The number of benzene rings is 1. The van der Waals surface area contributed by atoms with Crippen molar-refractivity contribution in [3.8, 4) is 0 Å². The van der Waals surface area contributed by atoms with E-state index in [9.17, 15) is 8.42 Å². The van der Waals surface area contributed by atoms with E-state index in [-0.39, 0.29) is 11.7 Å².